The van der Waals surface area contributed by atoms with Crippen LogP contribution in [0.5, 0.6) is 0 Å². The number of nitrogens with two attached hydrogens (primary N) is 1. The lowest BCUT2D eigenvalue weighted by Gasteiger charge is -2.27. The molecule has 0 aromatic carbocycles. The molecule has 3 N–H and O–H groups in total. The lowest BCUT2D eigenvalue weighted by molar-refractivity contribution is 0.0223. The summed E-state index contributed by atoms with van der Waals surface area (Å²) in [5.74, 6) is 0. The van der Waals surface area contributed by atoms with E-state index < -0.39 is 5.60 Å². The lowest BCUT2D eigenvalue weighted by atomic mass is 9.93. The largest absolute Gasteiger partial charge is 0.387 e. The van der Waals surface area contributed by atoms with Crippen molar-refractivity contribution in [3.63, 3.8) is 0 Å². The van der Waals surface area contributed by atoms with E-state index in [1.165, 1.54) is 6.42 Å². The van der Waals surface area contributed by atoms with Gasteiger partial charge in [-0.05, 0) is 25.8 Å². The average Bonchev–Trinajstić information content (AvgIpc) is 2.55. The molecule has 2 unspecified atom stereocenters. The summed E-state index contributed by atoms with van der Waals surface area (Å²) in [5, 5.41) is 10.0. The van der Waals surface area contributed by atoms with Gasteiger partial charge in [0.2, 0.25) is 0 Å². The Bertz CT molecular complexity index is 162. The van der Waals surface area contributed by atoms with E-state index in [4.69, 9.17) is 5.73 Å². The molecule has 2 saturated heterocycles. The highest BCUT2D eigenvalue weighted by Crippen LogP contribution is 2.34. The van der Waals surface area contributed by atoms with Crippen molar-refractivity contribution in [3.8, 4) is 0 Å². The first-order chi connectivity index (χ1) is 5.26. The van der Waals surface area contributed by atoms with Crippen LogP contribution >= 0.6 is 0 Å². The molecule has 11 heavy (non-hydrogen) atoms. The normalized spacial score (nSPS) is 44.7. The Kier molecular flexibility index (Phi) is 1.67. The van der Waals surface area contributed by atoms with Crippen LogP contribution in [0.25, 0.3) is 0 Å². The quantitative estimate of drug-likeness (QED) is 0.540. The third-order valence-electron chi connectivity index (χ3n) is 3.17. The zero-order valence-electron chi connectivity index (χ0n) is 6.79. The first-order valence-corrected chi connectivity index (χ1v) is 4.43. The third kappa shape index (κ3) is 0.991. The van der Waals surface area contributed by atoms with Crippen LogP contribution in [-0.2, 0) is 0 Å². The van der Waals surface area contributed by atoms with Gasteiger partial charge in [0.1, 0.15) is 0 Å². The molecule has 2 fully saturated rings. The van der Waals surface area contributed by atoms with Gasteiger partial charge in [-0.15, -0.1) is 0 Å². The van der Waals surface area contributed by atoms with Crippen molar-refractivity contribution in [2.45, 2.75) is 30.9 Å². The molecule has 2 rings (SSSR count). The first-order valence-electron chi connectivity index (χ1n) is 4.43. The zero-order valence-corrected chi connectivity index (χ0v) is 6.79. The SMILES string of the molecule is NCC1(O)CCN2CCCC21. The Labute approximate surface area is 67.2 Å². The Morgan fingerprint density at radius 2 is 2.36 bits per heavy atom. The molecule has 64 valence electrons. The van der Waals surface area contributed by atoms with E-state index in [0.717, 1.165) is 25.9 Å². The zero-order chi connectivity index (χ0) is 7.90. The minimum Gasteiger partial charge on any atom is -0.387 e. The summed E-state index contributed by atoms with van der Waals surface area (Å²) in [7, 11) is 0. The molecule has 2 aliphatic rings. The van der Waals surface area contributed by atoms with Crippen LogP contribution in [0, 0.1) is 0 Å². The molecule has 0 bridgehead atoms. The van der Waals surface area contributed by atoms with Gasteiger partial charge in [0, 0.05) is 19.1 Å². The highest BCUT2D eigenvalue weighted by atomic mass is 16.3. The monoisotopic (exact) mass is 156 g/mol. The van der Waals surface area contributed by atoms with E-state index in [1.807, 2.05) is 0 Å². The van der Waals surface area contributed by atoms with Gasteiger partial charge in [-0.2, -0.15) is 0 Å². The molecule has 0 aromatic heterocycles. The molecular weight excluding hydrogens is 140 g/mol. The minimum atomic E-state index is -0.559. The predicted molar refractivity (Wildman–Crippen MR) is 43.2 cm³/mol. The standard InChI is InChI=1S/C8H16N2O/c9-6-8(11)3-5-10-4-1-2-7(8)10/h7,11H,1-6,9H2. The van der Waals surface area contributed by atoms with Crippen molar-refractivity contribution in [3.05, 3.63) is 0 Å². The maximum absolute atomic E-state index is 10.0. The maximum Gasteiger partial charge on any atom is 0.0935 e. The van der Waals surface area contributed by atoms with Crippen molar-refractivity contribution in [2.24, 2.45) is 5.73 Å². The summed E-state index contributed by atoms with van der Waals surface area (Å²) in [4.78, 5) is 2.37. The maximum atomic E-state index is 10.0. The van der Waals surface area contributed by atoms with Crippen LogP contribution in [0.3, 0.4) is 0 Å². The molecule has 0 amide bonds. The molecule has 3 nitrogen and oxygen atoms in total. The Hall–Kier alpha value is -0.120. The second kappa shape index (κ2) is 2.44. The number of fused-ring (bicyclic) bond motifs is 1. The van der Waals surface area contributed by atoms with Crippen LogP contribution in [0.2, 0.25) is 0 Å². The topological polar surface area (TPSA) is 49.5 Å². The van der Waals surface area contributed by atoms with Crippen LogP contribution in [-0.4, -0.2) is 41.3 Å². The van der Waals surface area contributed by atoms with Gasteiger partial charge in [0.15, 0.2) is 0 Å². The Morgan fingerprint density at radius 3 is 3.09 bits per heavy atom. The van der Waals surface area contributed by atoms with Crippen molar-refractivity contribution in [1.82, 2.24) is 4.90 Å². The fourth-order valence-corrected chi connectivity index (χ4v) is 2.44. The number of hydrogen-bond acceptors (Lipinski definition) is 3. The fourth-order valence-electron chi connectivity index (χ4n) is 2.44. The van der Waals surface area contributed by atoms with Crippen molar-refractivity contribution < 1.29 is 5.11 Å². The molecular formula is C8H16N2O. The van der Waals surface area contributed by atoms with Crippen LogP contribution in [0.4, 0.5) is 0 Å². The van der Waals surface area contributed by atoms with Crippen molar-refractivity contribution in [2.75, 3.05) is 19.6 Å². The van der Waals surface area contributed by atoms with E-state index in [9.17, 15) is 5.11 Å². The van der Waals surface area contributed by atoms with Crippen molar-refractivity contribution >= 4 is 0 Å². The van der Waals surface area contributed by atoms with Crippen LogP contribution < -0.4 is 5.73 Å². The lowest BCUT2D eigenvalue weighted by Crippen LogP contribution is -2.47. The summed E-state index contributed by atoms with van der Waals surface area (Å²) in [6.45, 7) is 2.62. The number of nitrogens with zero attached hydrogens (tertiary/aromatic N) is 1. The van der Waals surface area contributed by atoms with Gasteiger partial charge < -0.3 is 10.8 Å². The summed E-state index contributed by atoms with van der Waals surface area (Å²) < 4.78 is 0. The van der Waals surface area contributed by atoms with Gasteiger partial charge in [-0.1, -0.05) is 0 Å². The van der Waals surface area contributed by atoms with Gasteiger partial charge in [-0.3, -0.25) is 4.90 Å². The highest BCUT2D eigenvalue weighted by Gasteiger charge is 2.46. The molecule has 2 heterocycles. The molecule has 0 spiro atoms. The summed E-state index contributed by atoms with van der Waals surface area (Å²) in [6.07, 6.45) is 3.23. The van der Waals surface area contributed by atoms with Gasteiger partial charge in [0.05, 0.1) is 5.60 Å². The first kappa shape index (κ1) is 7.53. The summed E-state index contributed by atoms with van der Waals surface area (Å²) in [5.41, 5.74) is 4.99. The molecule has 2 aliphatic heterocycles. The minimum absolute atomic E-state index is 0.368. The van der Waals surface area contributed by atoms with E-state index in [1.54, 1.807) is 0 Å². The molecule has 0 saturated carbocycles. The van der Waals surface area contributed by atoms with E-state index in [0.29, 0.717) is 12.6 Å². The van der Waals surface area contributed by atoms with Gasteiger partial charge in [0.25, 0.3) is 0 Å². The average molecular weight is 156 g/mol. The number of hydrogen-bond donors (Lipinski definition) is 2. The van der Waals surface area contributed by atoms with Gasteiger partial charge >= 0.3 is 0 Å². The number of rotatable bonds is 1. The number of aliphatic hydroxyl groups is 1. The third-order valence-corrected chi connectivity index (χ3v) is 3.17. The van der Waals surface area contributed by atoms with E-state index >= 15 is 0 Å². The summed E-state index contributed by atoms with van der Waals surface area (Å²) >= 11 is 0. The second-order valence-corrected chi connectivity index (χ2v) is 3.75. The smallest absolute Gasteiger partial charge is 0.0935 e. The molecule has 0 radical (unpaired) electrons. The van der Waals surface area contributed by atoms with E-state index in [-0.39, 0.29) is 0 Å². The summed E-state index contributed by atoms with van der Waals surface area (Å²) in [6, 6.07) is 0.368. The van der Waals surface area contributed by atoms with Crippen molar-refractivity contribution in [1.29, 1.82) is 0 Å². The molecule has 0 aromatic rings. The Balaban J connectivity index is 2.14. The predicted octanol–water partition coefficient (Wildman–Crippen LogP) is -0.456. The highest BCUT2D eigenvalue weighted by molar-refractivity contribution is 5.02. The van der Waals surface area contributed by atoms with Gasteiger partial charge in [-0.25, -0.2) is 0 Å². The van der Waals surface area contributed by atoms with Crippen LogP contribution in [0.1, 0.15) is 19.3 Å². The van der Waals surface area contributed by atoms with E-state index in [2.05, 4.69) is 4.90 Å². The molecule has 0 aliphatic carbocycles. The second-order valence-electron chi connectivity index (χ2n) is 3.75. The Morgan fingerprint density at radius 1 is 1.55 bits per heavy atom. The molecule has 2 atom stereocenters. The van der Waals surface area contributed by atoms with Crippen LogP contribution in [0.15, 0.2) is 0 Å². The molecule has 3 heteroatoms. The fraction of sp³-hybridized carbons (Fsp3) is 1.00.